The molecule has 0 saturated heterocycles. The number of likely N-dealkylation sites (N-methyl/N-ethyl adjacent to an activating group) is 1. The highest BCUT2D eigenvalue weighted by molar-refractivity contribution is 9.10. The minimum absolute atomic E-state index is 0.0875. The van der Waals surface area contributed by atoms with E-state index in [9.17, 15) is 9.59 Å². The summed E-state index contributed by atoms with van der Waals surface area (Å²) in [6, 6.07) is 7.78. The first-order valence-corrected chi connectivity index (χ1v) is 7.48. The lowest BCUT2D eigenvalue weighted by Gasteiger charge is -2.32. The number of halogens is 1. The van der Waals surface area contributed by atoms with Gasteiger partial charge in [-0.05, 0) is 30.5 Å². The van der Waals surface area contributed by atoms with Crippen molar-refractivity contribution >= 4 is 27.8 Å². The van der Waals surface area contributed by atoms with E-state index in [1.165, 1.54) is 4.90 Å². The Kier molecular flexibility index (Phi) is 4.48. The number of hydrogen-bond acceptors (Lipinski definition) is 2. The van der Waals surface area contributed by atoms with Crippen molar-refractivity contribution in [1.82, 2.24) is 4.90 Å². The Bertz CT molecular complexity index is 524. The predicted octanol–water partition coefficient (Wildman–Crippen LogP) is 2.80. The van der Waals surface area contributed by atoms with Crippen LogP contribution in [0.1, 0.15) is 31.2 Å². The van der Waals surface area contributed by atoms with Gasteiger partial charge in [0.2, 0.25) is 5.91 Å². The molecule has 0 spiro atoms. The van der Waals surface area contributed by atoms with Gasteiger partial charge in [-0.25, -0.2) is 0 Å². The van der Waals surface area contributed by atoms with Crippen LogP contribution >= 0.6 is 15.9 Å². The summed E-state index contributed by atoms with van der Waals surface area (Å²) in [7, 11) is 1.56. The van der Waals surface area contributed by atoms with Gasteiger partial charge in [-0.2, -0.15) is 0 Å². The fraction of sp³-hybridized carbons (Fsp3) is 0.467. The fourth-order valence-corrected chi connectivity index (χ4v) is 3.43. The summed E-state index contributed by atoms with van der Waals surface area (Å²) < 4.78 is 0.940. The molecule has 0 unspecified atom stereocenters. The Labute approximate surface area is 126 Å². The topological polar surface area (TPSA) is 57.6 Å². The Morgan fingerprint density at radius 2 is 2.00 bits per heavy atom. The highest BCUT2D eigenvalue weighted by Crippen LogP contribution is 2.43. The molecule has 0 radical (unpaired) electrons. The average Bonchev–Trinajstić information content (AvgIpc) is 2.87. The lowest BCUT2D eigenvalue weighted by atomic mass is 9.77. The summed E-state index contributed by atoms with van der Waals surface area (Å²) in [5, 5.41) is 8.87. The van der Waals surface area contributed by atoms with E-state index >= 15 is 0 Å². The van der Waals surface area contributed by atoms with E-state index < -0.39 is 11.4 Å². The number of aliphatic carboxylic acids is 1. The van der Waals surface area contributed by atoms with E-state index in [1.54, 1.807) is 7.05 Å². The highest BCUT2D eigenvalue weighted by atomic mass is 79.9. The molecule has 0 heterocycles. The number of carbonyl (C=O) groups is 2. The van der Waals surface area contributed by atoms with E-state index in [2.05, 4.69) is 15.9 Å². The molecule has 0 aliphatic heterocycles. The first-order chi connectivity index (χ1) is 9.45. The van der Waals surface area contributed by atoms with E-state index in [-0.39, 0.29) is 12.5 Å². The third-order valence-corrected chi connectivity index (χ3v) is 4.46. The molecule has 1 N–H and O–H groups in total. The molecule has 1 fully saturated rings. The highest BCUT2D eigenvalue weighted by Gasteiger charge is 2.44. The maximum absolute atomic E-state index is 12.8. The van der Waals surface area contributed by atoms with E-state index in [0.29, 0.717) is 0 Å². The van der Waals surface area contributed by atoms with Crippen molar-refractivity contribution in [2.45, 2.75) is 31.1 Å². The number of carboxylic acids is 1. The molecule has 5 heteroatoms. The Balaban J connectivity index is 2.35. The molecule has 1 aromatic rings. The third-order valence-electron chi connectivity index (χ3n) is 3.96. The standard InChI is InChI=1S/C15H18BrNO3/c1-17(10-13(18)19)14(20)15(7-2-3-8-15)11-5-4-6-12(16)9-11/h4-6,9H,2-3,7-8,10H2,1H3,(H,18,19). The summed E-state index contributed by atoms with van der Waals surface area (Å²) in [6.45, 7) is -0.255. The first-order valence-electron chi connectivity index (χ1n) is 6.69. The second kappa shape index (κ2) is 5.95. The maximum Gasteiger partial charge on any atom is 0.323 e. The van der Waals surface area contributed by atoms with E-state index in [1.807, 2.05) is 24.3 Å². The summed E-state index contributed by atoms with van der Waals surface area (Å²) in [6.07, 6.45) is 3.57. The van der Waals surface area contributed by atoms with Crippen molar-refractivity contribution in [3.8, 4) is 0 Å². The number of rotatable bonds is 4. The van der Waals surface area contributed by atoms with Gasteiger partial charge in [-0.15, -0.1) is 0 Å². The van der Waals surface area contributed by atoms with Crippen molar-refractivity contribution in [3.63, 3.8) is 0 Å². The molecule has 1 aliphatic rings. The lowest BCUT2D eigenvalue weighted by Crippen LogP contribution is -2.45. The molecule has 108 valence electrons. The summed E-state index contributed by atoms with van der Waals surface area (Å²) in [5.74, 6) is -1.07. The average molecular weight is 340 g/mol. The van der Waals surface area contributed by atoms with Crippen LogP contribution in [0.15, 0.2) is 28.7 Å². The van der Waals surface area contributed by atoms with Crippen molar-refractivity contribution in [1.29, 1.82) is 0 Å². The van der Waals surface area contributed by atoms with Gasteiger partial charge < -0.3 is 10.0 Å². The largest absolute Gasteiger partial charge is 0.480 e. The van der Waals surface area contributed by atoms with Crippen molar-refractivity contribution in [2.75, 3.05) is 13.6 Å². The van der Waals surface area contributed by atoms with Crippen LogP contribution in [0.2, 0.25) is 0 Å². The van der Waals surface area contributed by atoms with Crippen molar-refractivity contribution < 1.29 is 14.7 Å². The van der Waals surface area contributed by atoms with Crippen LogP contribution in [0.3, 0.4) is 0 Å². The van der Waals surface area contributed by atoms with Crippen LogP contribution in [0.5, 0.6) is 0 Å². The van der Waals surface area contributed by atoms with Gasteiger partial charge in [0.1, 0.15) is 6.54 Å². The SMILES string of the molecule is CN(CC(=O)O)C(=O)C1(c2cccc(Br)c2)CCCC1. The van der Waals surface area contributed by atoms with E-state index in [0.717, 1.165) is 35.7 Å². The Hall–Kier alpha value is -1.36. The second-order valence-corrected chi connectivity index (χ2v) is 6.27. The van der Waals surface area contributed by atoms with Crippen LogP contribution in [0.25, 0.3) is 0 Å². The minimum atomic E-state index is -0.983. The van der Waals surface area contributed by atoms with Gasteiger partial charge in [0, 0.05) is 11.5 Å². The number of nitrogens with zero attached hydrogens (tertiary/aromatic N) is 1. The summed E-state index contributed by atoms with van der Waals surface area (Å²) in [4.78, 5) is 24.9. The quantitative estimate of drug-likeness (QED) is 0.917. The molecule has 20 heavy (non-hydrogen) atoms. The number of carboxylic acid groups (broad SMARTS) is 1. The second-order valence-electron chi connectivity index (χ2n) is 5.35. The molecule has 2 rings (SSSR count). The van der Waals surface area contributed by atoms with Crippen LogP contribution in [-0.4, -0.2) is 35.5 Å². The number of hydrogen-bond donors (Lipinski definition) is 1. The first kappa shape index (κ1) is 15.0. The van der Waals surface area contributed by atoms with Crippen LogP contribution in [0.4, 0.5) is 0 Å². The van der Waals surface area contributed by atoms with Crippen molar-refractivity contribution in [3.05, 3.63) is 34.3 Å². The van der Waals surface area contributed by atoms with E-state index in [4.69, 9.17) is 5.11 Å². The molecular formula is C15H18BrNO3. The van der Waals surface area contributed by atoms with Gasteiger partial charge >= 0.3 is 5.97 Å². The number of carbonyl (C=O) groups excluding carboxylic acids is 1. The molecular weight excluding hydrogens is 322 g/mol. The van der Waals surface area contributed by atoms with Crippen LogP contribution < -0.4 is 0 Å². The van der Waals surface area contributed by atoms with Gasteiger partial charge in [0.15, 0.2) is 0 Å². The zero-order valence-electron chi connectivity index (χ0n) is 11.4. The van der Waals surface area contributed by atoms with Gasteiger partial charge in [0.25, 0.3) is 0 Å². The van der Waals surface area contributed by atoms with Gasteiger partial charge in [-0.1, -0.05) is 40.9 Å². The maximum atomic E-state index is 12.8. The van der Waals surface area contributed by atoms with Crippen LogP contribution in [-0.2, 0) is 15.0 Å². The number of amides is 1. The van der Waals surface area contributed by atoms with Gasteiger partial charge in [-0.3, -0.25) is 9.59 Å². The molecule has 4 nitrogen and oxygen atoms in total. The number of benzene rings is 1. The fourth-order valence-electron chi connectivity index (χ4n) is 3.03. The zero-order valence-corrected chi connectivity index (χ0v) is 13.0. The molecule has 0 atom stereocenters. The lowest BCUT2D eigenvalue weighted by molar-refractivity contribution is -0.146. The van der Waals surface area contributed by atoms with Crippen molar-refractivity contribution in [2.24, 2.45) is 0 Å². The monoisotopic (exact) mass is 339 g/mol. The third kappa shape index (κ3) is 2.87. The van der Waals surface area contributed by atoms with Crippen LogP contribution in [0, 0.1) is 0 Å². The van der Waals surface area contributed by atoms with Gasteiger partial charge in [0.05, 0.1) is 5.41 Å². The molecule has 0 bridgehead atoms. The molecule has 0 aromatic heterocycles. The Morgan fingerprint density at radius 1 is 1.35 bits per heavy atom. The molecule has 1 aromatic carbocycles. The summed E-state index contributed by atoms with van der Waals surface area (Å²) >= 11 is 3.44. The molecule has 1 saturated carbocycles. The molecule has 1 aliphatic carbocycles. The zero-order chi connectivity index (χ0) is 14.8. The smallest absolute Gasteiger partial charge is 0.323 e. The summed E-state index contributed by atoms with van der Waals surface area (Å²) in [5.41, 5.74) is 0.417. The normalized spacial score (nSPS) is 16.9. The Morgan fingerprint density at radius 3 is 2.55 bits per heavy atom. The minimum Gasteiger partial charge on any atom is -0.480 e. The predicted molar refractivity (Wildman–Crippen MR) is 79.6 cm³/mol. The molecule has 1 amide bonds.